The van der Waals surface area contributed by atoms with E-state index >= 15 is 0 Å². The molecule has 0 heterocycles. The minimum absolute atomic E-state index is 0.0701. The Morgan fingerprint density at radius 1 is 0.760 bits per heavy atom. The molecule has 0 fully saturated rings. The predicted molar refractivity (Wildman–Crippen MR) is 106 cm³/mol. The third-order valence-electron chi connectivity index (χ3n) is 4.36. The minimum Gasteiger partial charge on any atom is -0.493 e. The van der Waals surface area contributed by atoms with E-state index in [1.54, 1.807) is 0 Å². The molecular formula is C22H29ClO2. The van der Waals surface area contributed by atoms with E-state index in [0.29, 0.717) is 12.5 Å². The van der Waals surface area contributed by atoms with Crippen molar-refractivity contribution in [1.82, 2.24) is 0 Å². The average Bonchev–Trinajstić information content (AvgIpc) is 2.66. The summed E-state index contributed by atoms with van der Waals surface area (Å²) in [7, 11) is 0. The Hall–Kier alpha value is -1.67. The van der Waals surface area contributed by atoms with Crippen LogP contribution in [0.3, 0.4) is 0 Å². The summed E-state index contributed by atoms with van der Waals surface area (Å²) < 4.78 is 11.5. The highest BCUT2D eigenvalue weighted by Crippen LogP contribution is 2.19. The summed E-state index contributed by atoms with van der Waals surface area (Å²) in [6.45, 7) is 7.78. The lowest BCUT2D eigenvalue weighted by molar-refractivity contribution is 0.256. The van der Waals surface area contributed by atoms with Gasteiger partial charge in [0.1, 0.15) is 18.1 Å². The lowest BCUT2D eigenvalue weighted by Gasteiger charge is -2.12. The summed E-state index contributed by atoms with van der Waals surface area (Å²) >= 11 is 6.08. The summed E-state index contributed by atoms with van der Waals surface area (Å²) in [6, 6.07) is 16.6. The maximum absolute atomic E-state index is 6.08. The van der Waals surface area contributed by atoms with Crippen LogP contribution in [-0.2, 0) is 6.42 Å². The topological polar surface area (TPSA) is 18.5 Å². The van der Waals surface area contributed by atoms with Crippen molar-refractivity contribution < 1.29 is 9.47 Å². The average molecular weight is 361 g/mol. The standard InChI is InChI=1S/C22H29ClO2/c1-4-17(3)15-24-21-10-6-18(7-11-21)14-19-8-12-22(13-9-19)25-16-20(23)5-2/h6-13,17,20H,4-5,14-16H2,1-3H3/t17-,20+/m0/s1. The molecule has 0 spiro atoms. The van der Waals surface area contributed by atoms with Gasteiger partial charge in [-0.2, -0.15) is 0 Å². The molecule has 0 aromatic heterocycles. The van der Waals surface area contributed by atoms with Crippen molar-refractivity contribution in [1.29, 1.82) is 0 Å². The van der Waals surface area contributed by atoms with Crippen LogP contribution in [0.4, 0.5) is 0 Å². The molecule has 25 heavy (non-hydrogen) atoms. The molecule has 2 nitrogen and oxygen atoms in total. The highest BCUT2D eigenvalue weighted by Gasteiger charge is 2.04. The molecule has 0 radical (unpaired) electrons. The molecule has 3 heteroatoms. The first-order valence-corrected chi connectivity index (χ1v) is 9.61. The molecule has 0 saturated carbocycles. The third-order valence-corrected chi connectivity index (χ3v) is 4.79. The Balaban J connectivity index is 1.85. The van der Waals surface area contributed by atoms with Gasteiger partial charge in [-0.1, -0.05) is 51.5 Å². The SMILES string of the molecule is CC[C@H](C)COc1ccc(Cc2ccc(OC[C@H](Cl)CC)cc2)cc1. The van der Waals surface area contributed by atoms with Crippen molar-refractivity contribution in [3.05, 3.63) is 59.7 Å². The van der Waals surface area contributed by atoms with E-state index in [0.717, 1.165) is 37.4 Å². The van der Waals surface area contributed by atoms with Gasteiger partial charge in [-0.15, -0.1) is 11.6 Å². The van der Waals surface area contributed by atoms with Crippen molar-refractivity contribution in [2.75, 3.05) is 13.2 Å². The van der Waals surface area contributed by atoms with Gasteiger partial charge in [-0.3, -0.25) is 0 Å². The predicted octanol–water partition coefficient (Wildman–Crippen LogP) is 6.10. The molecule has 2 rings (SSSR count). The highest BCUT2D eigenvalue weighted by atomic mass is 35.5. The molecule has 2 aromatic carbocycles. The van der Waals surface area contributed by atoms with E-state index < -0.39 is 0 Å². The van der Waals surface area contributed by atoms with Crippen LogP contribution in [0.1, 0.15) is 44.7 Å². The summed E-state index contributed by atoms with van der Waals surface area (Å²) in [5, 5.41) is 0.0701. The van der Waals surface area contributed by atoms with Crippen LogP contribution in [0.2, 0.25) is 0 Å². The number of ether oxygens (including phenoxy) is 2. The summed E-state index contributed by atoms with van der Waals surface area (Å²) in [5.74, 6) is 2.41. The Kier molecular flexibility index (Phi) is 8.14. The zero-order valence-electron chi connectivity index (χ0n) is 15.5. The molecule has 0 saturated heterocycles. The number of alkyl halides is 1. The van der Waals surface area contributed by atoms with E-state index in [-0.39, 0.29) is 5.38 Å². The van der Waals surface area contributed by atoms with E-state index in [2.05, 4.69) is 57.2 Å². The molecule has 2 aromatic rings. The Morgan fingerprint density at radius 2 is 1.24 bits per heavy atom. The summed E-state index contributed by atoms with van der Waals surface area (Å²) in [6.07, 6.45) is 2.96. The van der Waals surface area contributed by atoms with Gasteiger partial charge in [0.15, 0.2) is 0 Å². The first-order valence-electron chi connectivity index (χ1n) is 9.18. The molecule has 0 aliphatic rings. The molecule has 0 N–H and O–H groups in total. The molecule has 0 bridgehead atoms. The molecule has 0 unspecified atom stereocenters. The fourth-order valence-corrected chi connectivity index (χ4v) is 2.37. The molecule has 0 aliphatic carbocycles. The van der Waals surface area contributed by atoms with E-state index in [1.807, 2.05) is 12.1 Å². The Morgan fingerprint density at radius 3 is 1.68 bits per heavy atom. The fourth-order valence-electron chi connectivity index (χ4n) is 2.30. The number of rotatable bonds is 10. The molecule has 2 atom stereocenters. The van der Waals surface area contributed by atoms with Crippen LogP contribution in [0.5, 0.6) is 11.5 Å². The third kappa shape index (κ3) is 6.99. The lowest BCUT2D eigenvalue weighted by atomic mass is 10.0. The van der Waals surface area contributed by atoms with Crippen molar-refractivity contribution in [3.8, 4) is 11.5 Å². The minimum atomic E-state index is 0.0701. The molecule has 136 valence electrons. The molecule has 0 aliphatic heterocycles. The number of halogens is 1. The van der Waals surface area contributed by atoms with Crippen LogP contribution < -0.4 is 9.47 Å². The van der Waals surface area contributed by atoms with Gasteiger partial charge in [0.25, 0.3) is 0 Å². The van der Waals surface area contributed by atoms with Gasteiger partial charge in [-0.25, -0.2) is 0 Å². The van der Waals surface area contributed by atoms with Crippen molar-refractivity contribution >= 4 is 11.6 Å². The smallest absolute Gasteiger partial charge is 0.119 e. The van der Waals surface area contributed by atoms with Crippen LogP contribution in [0, 0.1) is 5.92 Å². The van der Waals surface area contributed by atoms with E-state index in [9.17, 15) is 0 Å². The van der Waals surface area contributed by atoms with Crippen LogP contribution in [-0.4, -0.2) is 18.6 Å². The second-order valence-electron chi connectivity index (χ2n) is 6.61. The first-order chi connectivity index (χ1) is 12.1. The largest absolute Gasteiger partial charge is 0.493 e. The maximum Gasteiger partial charge on any atom is 0.119 e. The Labute approximate surface area is 157 Å². The van der Waals surface area contributed by atoms with Crippen molar-refractivity contribution in [3.63, 3.8) is 0 Å². The highest BCUT2D eigenvalue weighted by molar-refractivity contribution is 6.20. The number of hydrogen-bond acceptors (Lipinski definition) is 2. The maximum atomic E-state index is 6.08. The Bertz CT molecular complexity index is 551. The summed E-state index contributed by atoms with van der Waals surface area (Å²) in [5.41, 5.74) is 2.54. The van der Waals surface area contributed by atoms with Gasteiger partial charge < -0.3 is 9.47 Å². The van der Waals surface area contributed by atoms with Gasteiger partial charge >= 0.3 is 0 Å². The van der Waals surface area contributed by atoms with Gasteiger partial charge in [0, 0.05) is 0 Å². The van der Waals surface area contributed by atoms with Crippen LogP contribution >= 0.6 is 11.6 Å². The number of hydrogen-bond donors (Lipinski definition) is 0. The van der Waals surface area contributed by atoms with E-state index in [4.69, 9.17) is 21.1 Å². The second kappa shape index (κ2) is 10.4. The fraction of sp³-hybridized carbons (Fsp3) is 0.455. The molecular weight excluding hydrogens is 332 g/mol. The zero-order chi connectivity index (χ0) is 18.1. The van der Waals surface area contributed by atoms with Gasteiger partial charge in [0.2, 0.25) is 0 Å². The van der Waals surface area contributed by atoms with E-state index in [1.165, 1.54) is 11.1 Å². The van der Waals surface area contributed by atoms with Crippen molar-refractivity contribution in [2.24, 2.45) is 5.92 Å². The van der Waals surface area contributed by atoms with Crippen LogP contribution in [0.15, 0.2) is 48.5 Å². The second-order valence-corrected chi connectivity index (χ2v) is 7.22. The van der Waals surface area contributed by atoms with Crippen LogP contribution in [0.25, 0.3) is 0 Å². The zero-order valence-corrected chi connectivity index (χ0v) is 16.3. The normalized spacial score (nSPS) is 13.3. The van der Waals surface area contributed by atoms with Gasteiger partial charge in [-0.05, 0) is 54.2 Å². The summed E-state index contributed by atoms with van der Waals surface area (Å²) in [4.78, 5) is 0. The first kappa shape index (κ1) is 19.7. The molecule has 0 amide bonds. The monoisotopic (exact) mass is 360 g/mol. The number of benzene rings is 2. The van der Waals surface area contributed by atoms with Gasteiger partial charge in [0.05, 0.1) is 12.0 Å². The van der Waals surface area contributed by atoms with Crippen molar-refractivity contribution in [2.45, 2.75) is 45.4 Å². The lowest BCUT2D eigenvalue weighted by Crippen LogP contribution is -2.10. The quantitative estimate of drug-likeness (QED) is 0.476.